The Morgan fingerprint density at radius 3 is 2.62 bits per heavy atom. The fraction of sp³-hybridized carbons (Fsp3) is 0.481. The molecule has 0 saturated heterocycles. The first kappa shape index (κ1) is 20.1. The fourth-order valence-electron chi connectivity index (χ4n) is 5.25. The summed E-state index contributed by atoms with van der Waals surface area (Å²) in [6.45, 7) is 6.65. The molecule has 2 nitrogen and oxygen atoms in total. The van der Waals surface area contributed by atoms with Crippen LogP contribution in [-0.4, -0.2) is 10.7 Å². The summed E-state index contributed by atoms with van der Waals surface area (Å²) in [5.41, 5.74) is 4.85. The van der Waals surface area contributed by atoms with E-state index < -0.39 is 0 Å². The Bertz CT molecular complexity index is 879. The molecule has 1 aliphatic heterocycles. The number of unbranched alkanes of at least 4 members (excludes halogenated alkanes) is 2. The number of hydrogen-bond acceptors (Lipinski definition) is 2. The average molecular weight is 391 g/mol. The van der Waals surface area contributed by atoms with Gasteiger partial charge in [-0.2, -0.15) is 0 Å². The van der Waals surface area contributed by atoms with Crippen LogP contribution in [0.5, 0.6) is 11.5 Å². The molecule has 4 rings (SSSR count). The molecule has 2 aromatic rings. The first-order chi connectivity index (χ1) is 14.0. The number of hydrogen-bond donors (Lipinski definition) is 1. The van der Waals surface area contributed by atoms with E-state index in [1.54, 1.807) is 0 Å². The molecule has 2 heteroatoms. The van der Waals surface area contributed by atoms with E-state index in [9.17, 15) is 5.11 Å². The number of phenolic OH excluding ortho intramolecular Hbond substituents is 1. The van der Waals surface area contributed by atoms with Gasteiger partial charge in [0.05, 0.1) is 0 Å². The number of allylic oxidation sites excluding steroid dienone is 2. The van der Waals surface area contributed by atoms with Gasteiger partial charge < -0.3 is 9.84 Å². The molecule has 0 saturated carbocycles. The van der Waals surface area contributed by atoms with Crippen LogP contribution in [0.3, 0.4) is 0 Å². The second-order valence-electron chi connectivity index (χ2n) is 9.37. The molecule has 0 amide bonds. The lowest BCUT2D eigenvalue weighted by molar-refractivity contribution is 0.00735. The highest BCUT2D eigenvalue weighted by Gasteiger charge is 2.46. The summed E-state index contributed by atoms with van der Waals surface area (Å²) in [5, 5.41) is 11.0. The summed E-state index contributed by atoms with van der Waals surface area (Å²) in [6.07, 6.45) is 10.0. The fourth-order valence-corrected chi connectivity index (χ4v) is 5.25. The lowest BCUT2D eigenvalue weighted by Gasteiger charge is -2.47. The number of fused-ring (bicyclic) bond motifs is 3. The average Bonchev–Trinajstić information content (AvgIpc) is 2.68. The lowest BCUT2D eigenvalue weighted by atomic mass is 9.66. The van der Waals surface area contributed by atoms with Crippen molar-refractivity contribution in [1.82, 2.24) is 0 Å². The van der Waals surface area contributed by atoms with Crippen LogP contribution < -0.4 is 4.74 Å². The summed E-state index contributed by atoms with van der Waals surface area (Å²) in [6, 6.07) is 14.9. The monoisotopic (exact) mass is 390 g/mol. The van der Waals surface area contributed by atoms with Crippen molar-refractivity contribution >= 4 is 0 Å². The van der Waals surface area contributed by atoms with Crippen molar-refractivity contribution in [2.24, 2.45) is 5.92 Å². The molecule has 0 radical (unpaired) electrons. The third-order valence-electron chi connectivity index (χ3n) is 6.79. The smallest absolute Gasteiger partial charge is 0.127 e. The maximum absolute atomic E-state index is 11.0. The van der Waals surface area contributed by atoms with Crippen LogP contribution >= 0.6 is 0 Å². The van der Waals surface area contributed by atoms with Gasteiger partial charge in [0.25, 0.3) is 0 Å². The minimum Gasteiger partial charge on any atom is -0.508 e. The van der Waals surface area contributed by atoms with Crippen molar-refractivity contribution in [3.8, 4) is 11.5 Å². The zero-order valence-electron chi connectivity index (χ0n) is 18.1. The minimum atomic E-state index is -0.221. The first-order valence-corrected chi connectivity index (χ1v) is 11.2. The molecule has 1 aliphatic carbocycles. The van der Waals surface area contributed by atoms with E-state index in [-0.39, 0.29) is 5.60 Å². The SMILES string of the molecule is CCCCCc1cc(O)c2c(c1)OC(C)(C)[C@@H]1CC=C(Cc3ccccc3)CC21. The molecule has 0 bridgehead atoms. The first-order valence-electron chi connectivity index (χ1n) is 11.2. The zero-order valence-corrected chi connectivity index (χ0v) is 18.1. The van der Waals surface area contributed by atoms with Gasteiger partial charge >= 0.3 is 0 Å². The molecule has 1 heterocycles. The molecule has 0 fully saturated rings. The van der Waals surface area contributed by atoms with E-state index in [1.807, 2.05) is 6.07 Å². The predicted molar refractivity (Wildman–Crippen MR) is 120 cm³/mol. The molecule has 154 valence electrons. The standard InChI is InChI=1S/C27H34O2/c1-4-5-7-12-20-17-24(28)26-22-16-21(15-19-10-8-6-9-11-19)13-14-23(22)27(2,3)29-25(26)18-20/h6,8-11,13,17-18,22-23,28H,4-5,7,12,14-16H2,1-3H3/t22?,23-/m1/s1. The van der Waals surface area contributed by atoms with Gasteiger partial charge in [0.2, 0.25) is 0 Å². The number of phenols is 1. The van der Waals surface area contributed by atoms with Gasteiger partial charge in [0.15, 0.2) is 0 Å². The van der Waals surface area contributed by atoms with Crippen LogP contribution in [-0.2, 0) is 12.8 Å². The van der Waals surface area contributed by atoms with Gasteiger partial charge in [-0.25, -0.2) is 0 Å². The molecular weight excluding hydrogens is 356 g/mol. The van der Waals surface area contributed by atoms with Gasteiger partial charge in [-0.1, -0.05) is 61.7 Å². The quantitative estimate of drug-likeness (QED) is 0.427. The van der Waals surface area contributed by atoms with Crippen molar-refractivity contribution < 1.29 is 9.84 Å². The van der Waals surface area contributed by atoms with Gasteiger partial charge in [-0.05, 0) is 69.2 Å². The van der Waals surface area contributed by atoms with E-state index in [2.05, 4.69) is 63.2 Å². The highest BCUT2D eigenvalue weighted by atomic mass is 16.5. The van der Waals surface area contributed by atoms with Gasteiger partial charge in [-0.3, -0.25) is 0 Å². The summed E-state index contributed by atoms with van der Waals surface area (Å²) in [7, 11) is 0. The summed E-state index contributed by atoms with van der Waals surface area (Å²) < 4.78 is 6.48. The molecule has 0 spiro atoms. The van der Waals surface area contributed by atoms with E-state index >= 15 is 0 Å². The maximum Gasteiger partial charge on any atom is 0.127 e. The van der Waals surface area contributed by atoms with Gasteiger partial charge in [0.1, 0.15) is 17.1 Å². The van der Waals surface area contributed by atoms with Gasteiger partial charge in [-0.15, -0.1) is 0 Å². The Balaban J connectivity index is 1.62. The highest BCUT2D eigenvalue weighted by molar-refractivity contribution is 5.53. The maximum atomic E-state index is 11.0. The molecule has 1 unspecified atom stereocenters. The third-order valence-corrected chi connectivity index (χ3v) is 6.79. The number of ether oxygens (including phenoxy) is 1. The number of aryl methyl sites for hydroxylation is 1. The molecule has 2 aromatic carbocycles. The van der Waals surface area contributed by atoms with E-state index in [0.29, 0.717) is 17.6 Å². The minimum absolute atomic E-state index is 0.221. The second kappa shape index (κ2) is 8.26. The zero-order chi connectivity index (χ0) is 20.4. The van der Waals surface area contributed by atoms with Crippen molar-refractivity contribution in [2.75, 3.05) is 0 Å². The highest BCUT2D eigenvalue weighted by Crippen LogP contribution is 2.54. The normalized spacial score (nSPS) is 22.2. The van der Waals surface area contributed by atoms with E-state index in [0.717, 1.165) is 43.4 Å². The van der Waals surface area contributed by atoms with Crippen LogP contribution in [0.2, 0.25) is 0 Å². The Morgan fingerprint density at radius 2 is 1.86 bits per heavy atom. The van der Waals surface area contributed by atoms with Gasteiger partial charge in [0, 0.05) is 17.4 Å². The number of benzene rings is 2. The van der Waals surface area contributed by atoms with Crippen LogP contribution in [0.4, 0.5) is 0 Å². The Labute approximate surface area is 175 Å². The van der Waals surface area contributed by atoms with E-state index in [1.165, 1.54) is 29.5 Å². The Morgan fingerprint density at radius 1 is 1.07 bits per heavy atom. The van der Waals surface area contributed by atoms with Crippen molar-refractivity contribution in [1.29, 1.82) is 0 Å². The van der Waals surface area contributed by atoms with Crippen molar-refractivity contribution in [3.05, 3.63) is 70.8 Å². The molecule has 1 N–H and O–H groups in total. The summed E-state index contributed by atoms with van der Waals surface area (Å²) >= 11 is 0. The Hall–Kier alpha value is -2.22. The molecule has 2 aliphatic rings. The van der Waals surface area contributed by atoms with Crippen LogP contribution in [0.25, 0.3) is 0 Å². The molecule has 0 aromatic heterocycles. The van der Waals surface area contributed by atoms with Crippen LogP contribution in [0.15, 0.2) is 54.1 Å². The largest absolute Gasteiger partial charge is 0.508 e. The predicted octanol–water partition coefficient (Wildman–Crippen LogP) is 6.96. The molecule has 2 atom stereocenters. The molecule has 29 heavy (non-hydrogen) atoms. The summed E-state index contributed by atoms with van der Waals surface area (Å²) in [4.78, 5) is 0. The second-order valence-corrected chi connectivity index (χ2v) is 9.37. The number of rotatable bonds is 6. The number of aromatic hydroxyl groups is 1. The third kappa shape index (κ3) is 4.22. The van der Waals surface area contributed by atoms with Crippen molar-refractivity contribution in [2.45, 2.75) is 77.2 Å². The van der Waals surface area contributed by atoms with Crippen molar-refractivity contribution in [3.63, 3.8) is 0 Å². The Kier molecular flexibility index (Phi) is 5.72. The van der Waals surface area contributed by atoms with E-state index in [4.69, 9.17) is 4.74 Å². The van der Waals surface area contributed by atoms with Crippen LogP contribution in [0.1, 0.15) is 75.5 Å². The molecular formula is C27H34O2. The lowest BCUT2D eigenvalue weighted by Crippen LogP contribution is -2.45. The van der Waals surface area contributed by atoms with Crippen LogP contribution in [0, 0.1) is 5.92 Å². The topological polar surface area (TPSA) is 29.5 Å². The summed E-state index contributed by atoms with van der Waals surface area (Å²) in [5.74, 6) is 2.05.